The molecule has 1 unspecified atom stereocenters. The van der Waals surface area contributed by atoms with Crippen LogP contribution in [0.2, 0.25) is 0 Å². The van der Waals surface area contributed by atoms with Gasteiger partial charge in [0.1, 0.15) is 62.9 Å². The summed E-state index contributed by atoms with van der Waals surface area (Å²) in [6.07, 6.45) is 0. The maximum Gasteiger partial charge on any atom is 0.355 e. The zero-order chi connectivity index (χ0) is 50.6. The van der Waals surface area contributed by atoms with Gasteiger partial charge in [-0.05, 0) is 60.0 Å². The van der Waals surface area contributed by atoms with E-state index in [1.165, 1.54) is 6.07 Å². The summed E-state index contributed by atoms with van der Waals surface area (Å²) in [5.41, 5.74) is -3.66. The Labute approximate surface area is 387 Å². The van der Waals surface area contributed by atoms with Crippen molar-refractivity contribution in [1.29, 1.82) is 0 Å². The maximum atomic E-state index is 13.4. The fourth-order valence-corrected chi connectivity index (χ4v) is 7.88. The van der Waals surface area contributed by atoms with Gasteiger partial charge in [-0.1, -0.05) is 6.07 Å². The number of nitrogens with zero attached hydrogens (tertiary/aromatic N) is 8. The molecule has 0 bridgehead atoms. The predicted molar refractivity (Wildman–Crippen MR) is 235 cm³/mol. The standard InChI is InChI=1S/C38H33N9O19S3/c1-18(50)39-20-3-9-23(29(15-20)68(59,60)61)40-41-24-8-2-19-14-30(69(62,63)64)32(36(52)31(19)35(24)51)44-42-25-16-28(66-13-11-49)26(17-27(25)65-12-10-48)43-45-33-34(38(54)55)46-47(37(33)53)21-4-6-22(7-5-21)67(56,57)58/h2-9,14-17,33,48-49,51-52H,10-13H2,1H3,(H,39,50)(H,54,55)(H,56,57,58)(H,59,60,61)(H,62,63,64)/b41-40+,44-42+,45-43+. The van der Waals surface area contributed by atoms with Gasteiger partial charge in [-0.2, -0.15) is 45.6 Å². The highest BCUT2D eigenvalue weighted by Gasteiger charge is 2.41. The number of phenolic OH excluding ortho intramolecular Hbond substituents is 2. The zero-order valence-corrected chi connectivity index (χ0v) is 37.2. The van der Waals surface area contributed by atoms with Crippen molar-refractivity contribution < 1.29 is 88.3 Å². The number of carbonyl (C=O) groups excluding carboxylic acids is 2. The molecular formula is C38H33N9O19S3. The SMILES string of the molecule is CC(=O)Nc1ccc(/N=N/c2ccc3cc(S(=O)(=O)O)c(/N=N/c4cc(OCCO)c(/N=N/C5C(=O)N(c6ccc(S(=O)(=O)O)cc6)N=C5C(=O)O)cc4OCCO)c(O)c3c2O)c(S(=O)(=O)O)c1. The van der Waals surface area contributed by atoms with E-state index in [1.54, 1.807) is 0 Å². The number of azo groups is 3. The van der Waals surface area contributed by atoms with Crippen LogP contribution in [0.5, 0.6) is 23.0 Å². The molecule has 0 spiro atoms. The summed E-state index contributed by atoms with van der Waals surface area (Å²) in [7, 11) is -14.9. The molecule has 31 heteroatoms. The maximum absolute atomic E-state index is 13.4. The van der Waals surface area contributed by atoms with Gasteiger partial charge in [-0.15, -0.1) is 20.5 Å². The van der Waals surface area contributed by atoms with E-state index in [9.17, 15) is 78.8 Å². The minimum atomic E-state index is -5.27. The van der Waals surface area contributed by atoms with Crippen LogP contribution >= 0.6 is 0 Å². The molecule has 1 atom stereocenters. The molecule has 362 valence electrons. The van der Waals surface area contributed by atoms with Gasteiger partial charge in [0, 0.05) is 24.7 Å². The van der Waals surface area contributed by atoms with E-state index < -0.39 is 141 Å². The largest absolute Gasteiger partial charge is 0.505 e. The summed E-state index contributed by atoms with van der Waals surface area (Å²) < 4.78 is 113. The number of amides is 2. The minimum Gasteiger partial charge on any atom is -0.505 e. The van der Waals surface area contributed by atoms with Gasteiger partial charge in [-0.25, -0.2) is 4.79 Å². The second-order valence-corrected chi connectivity index (χ2v) is 18.0. The van der Waals surface area contributed by atoms with Gasteiger partial charge in [0.05, 0.1) is 29.2 Å². The predicted octanol–water partition coefficient (Wildman–Crippen LogP) is 4.46. The summed E-state index contributed by atoms with van der Waals surface area (Å²) in [5.74, 6) is -6.06. The van der Waals surface area contributed by atoms with Gasteiger partial charge in [0.25, 0.3) is 36.3 Å². The molecule has 69 heavy (non-hydrogen) atoms. The van der Waals surface area contributed by atoms with Crippen molar-refractivity contribution in [3.8, 4) is 23.0 Å². The van der Waals surface area contributed by atoms with E-state index in [2.05, 4.69) is 41.1 Å². The molecule has 1 aliphatic heterocycles. The zero-order valence-electron chi connectivity index (χ0n) is 34.7. The Kier molecular flexibility index (Phi) is 14.7. The van der Waals surface area contributed by atoms with Crippen LogP contribution in [-0.4, -0.2) is 120 Å². The molecule has 0 aliphatic carbocycles. The number of carbonyl (C=O) groups is 3. The average molecular weight is 1020 g/mol. The number of aliphatic hydroxyl groups excluding tert-OH is 2. The number of rotatable bonds is 18. The number of carboxylic acid groups (broad SMARTS) is 1. The number of benzene rings is 5. The molecule has 5 aromatic carbocycles. The molecule has 2 amide bonds. The van der Waals surface area contributed by atoms with Crippen LogP contribution < -0.4 is 19.8 Å². The van der Waals surface area contributed by atoms with Crippen molar-refractivity contribution >= 4 is 104 Å². The Morgan fingerprint density at radius 2 is 1.26 bits per heavy atom. The van der Waals surface area contributed by atoms with E-state index in [-0.39, 0.29) is 33.9 Å². The molecule has 9 N–H and O–H groups in total. The number of nitrogens with one attached hydrogen (secondary N) is 1. The molecule has 0 aromatic heterocycles. The highest BCUT2D eigenvalue weighted by atomic mass is 32.2. The molecule has 6 rings (SSSR count). The first-order valence-electron chi connectivity index (χ1n) is 18.9. The number of hydrazone groups is 1. The van der Waals surface area contributed by atoms with Crippen molar-refractivity contribution in [2.75, 3.05) is 36.8 Å². The lowest BCUT2D eigenvalue weighted by Crippen LogP contribution is -2.33. The number of aliphatic carboxylic acids is 1. The monoisotopic (exact) mass is 1020 g/mol. The van der Waals surface area contributed by atoms with Crippen LogP contribution in [-0.2, 0) is 44.7 Å². The van der Waals surface area contributed by atoms with Crippen LogP contribution in [0.4, 0.5) is 39.8 Å². The summed E-state index contributed by atoms with van der Waals surface area (Å²) in [6.45, 7) is -0.952. The number of carboxylic acids is 1. The summed E-state index contributed by atoms with van der Waals surface area (Å²) in [4.78, 5) is 34.7. The highest BCUT2D eigenvalue weighted by molar-refractivity contribution is 7.86. The minimum absolute atomic E-state index is 0.0308. The Balaban J connectivity index is 1.42. The van der Waals surface area contributed by atoms with Crippen molar-refractivity contribution in [2.45, 2.75) is 27.7 Å². The lowest BCUT2D eigenvalue weighted by molar-refractivity contribution is -0.130. The van der Waals surface area contributed by atoms with E-state index in [0.717, 1.165) is 73.7 Å². The number of aliphatic hydroxyl groups is 2. The van der Waals surface area contributed by atoms with Crippen molar-refractivity contribution in [1.82, 2.24) is 0 Å². The molecule has 0 radical (unpaired) electrons. The van der Waals surface area contributed by atoms with Crippen molar-refractivity contribution in [3.05, 3.63) is 72.8 Å². The summed E-state index contributed by atoms with van der Waals surface area (Å²) >= 11 is 0. The molecule has 28 nitrogen and oxygen atoms in total. The van der Waals surface area contributed by atoms with E-state index in [0.29, 0.717) is 5.01 Å². The van der Waals surface area contributed by atoms with Gasteiger partial charge in [-0.3, -0.25) is 23.2 Å². The van der Waals surface area contributed by atoms with Crippen LogP contribution in [0.25, 0.3) is 10.8 Å². The van der Waals surface area contributed by atoms with Crippen molar-refractivity contribution in [3.63, 3.8) is 0 Å². The van der Waals surface area contributed by atoms with Crippen LogP contribution in [0.3, 0.4) is 0 Å². The van der Waals surface area contributed by atoms with Gasteiger partial charge >= 0.3 is 5.97 Å². The first kappa shape index (κ1) is 50.5. The Morgan fingerprint density at radius 3 is 1.81 bits per heavy atom. The van der Waals surface area contributed by atoms with Crippen LogP contribution in [0.15, 0.2) is 123 Å². The number of ether oxygens (including phenoxy) is 2. The lowest BCUT2D eigenvalue weighted by Gasteiger charge is -2.14. The van der Waals surface area contributed by atoms with E-state index in [4.69, 9.17) is 9.47 Å². The number of fused-ring (bicyclic) bond motifs is 1. The Morgan fingerprint density at radius 1 is 0.696 bits per heavy atom. The number of phenols is 2. The molecule has 5 aromatic rings. The topological polar surface area (TPSA) is 436 Å². The Bertz CT molecular complexity index is 3380. The quantitative estimate of drug-likeness (QED) is 0.0432. The Hall–Kier alpha value is -7.91. The lowest BCUT2D eigenvalue weighted by atomic mass is 10.1. The molecule has 0 saturated heterocycles. The van der Waals surface area contributed by atoms with E-state index >= 15 is 0 Å². The number of aromatic hydroxyl groups is 2. The smallest absolute Gasteiger partial charge is 0.355 e. The van der Waals surface area contributed by atoms with Gasteiger partial charge in [0.2, 0.25) is 11.9 Å². The number of hydrogen-bond donors (Lipinski definition) is 9. The fraction of sp³-hybridized carbons (Fsp3) is 0.158. The third kappa shape index (κ3) is 11.4. The normalized spacial score (nSPS) is 14.6. The van der Waals surface area contributed by atoms with Crippen molar-refractivity contribution in [2.24, 2.45) is 35.8 Å². The molecular weight excluding hydrogens is 983 g/mol. The van der Waals surface area contributed by atoms with Gasteiger partial charge in [0.15, 0.2) is 17.2 Å². The van der Waals surface area contributed by atoms with Crippen LogP contribution in [0, 0.1) is 0 Å². The molecule has 1 heterocycles. The van der Waals surface area contributed by atoms with Crippen LogP contribution in [0.1, 0.15) is 6.92 Å². The first-order chi connectivity index (χ1) is 32.4. The van der Waals surface area contributed by atoms with Gasteiger partial charge < -0.3 is 40.3 Å². The first-order valence-corrected chi connectivity index (χ1v) is 23.3. The molecule has 0 saturated carbocycles. The fourth-order valence-electron chi connectivity index (χ4n) is 6.09. The highest BCUT2D eigenvalue weighted by Crippen LogP contribution is 2.49. The third-order valence-corrected chi connectivity index (χ3v) is 11.7. The number of anilines is 2. The summed E-state index contributed by atoms with van der Waals surface area (Å²) in [6, 6.07) is 10.2. The second-order valence-electron chi connectivity index (χ2n) is 13.8. The molecule has 1 aliphatic rings. The number of hydrogen-bond acceptors (Lipinski definition) is 22. The molecule has 0 fully saturated rings. The third-order valence-electron chi connectivity index (χ3n) is 9.06. The summed E-state index contributed by atoms with van der Waals surface area (Å²) in [5, 5.41) is 80.7. The van der Waals surface area contributed by atoms with E-state index in [1.807, 2.05) is 0 Å². The second kappa shape index (κ2) is 20.1. The average Bonchev–Trinajstić information content (AvgIpc) is 3.61.